The molecule has 2 aromatic heterocycles. The van der Waals surface area contributed by atoms with E-state index in [0.29, 0.717) is 11.3 Å². The Labute approximate surface area is 177 Å². The number of nitrogen functional groups attached to an aromatic ring is 1. The summed E-state index contributed by atoms with van der Waals surface area (Å²) in [6.45, 7) is 0.915. The molecule has 0 radical (unpaired) electrons. The Hall–Kier alpha value is -3.31. The van der Waals surface area contributed by atoms with Gasteiger partial charge in [-0.2, -0.15) is 9.97 Å². The number of aliphatic hydroxyl groups excluding tert-OH is 1. The van der Waals surface area contributed by atoms with E-state index in [0.717, 1.165) is 5.56 Å². The number of alkyl halides is 1. The minimum atomic E-state index is -2.20. The molecule has 4 N–H and O–H groups in total. The number of nitrogens with one attached hydrogen (secondary N) is 1. The Balaban J connectivity index is 1.51. The largest absolute Gasteiger partial charge is 0.463 e. The molecule has 4 rings (SSSR count). The van der Waals surface area contributed by atoms with E-state index in [-0.39, 0.29) is 24.6 Å². The molecule has 0 amide bonds. The number of aliphatic hydroxyl groups is 1. The Morgan fingerprint density at radius 1 is 1.39 bits per heavy atom. The van der Waals surface area contributed by atoms with Crippen LogP contribution < -0.4 is 11.1 Å². The van der Waals surface area contributed by atoms with E-state index in [1.165, 1.54) is 17.8 Å². The fraction of sp³-hybridized carbons (Fsp3) is 0.400. The number of rotatable bonds is 6. The van der Waals surface area contributed by atoms with Crippen molar-refractivity contribution in [2.45, 2.75) is 37.4 Å². The number of aromatic nitrogens is 4. The number of benzene rings is 1. The fourth-order valence-corrected chi connectivity index (χ4v) is 3.62. The van der Waals surface area contributed by atoms with E-state index in [1.54, 1.807) is 19.2 Å². The first-order valence-corrected chi connectivity index (χ1v) is 9.71. The maximum atomic E-state index is 15.5. The van der Waals surface area contributed by atoms with Crippen molar-refractivity contribution in [3.05, 3.63) is 42.2 Å². The van der Waals surface area contributed by atoms with Crippen LogP contribution in [-0.4, -0.2) is 62.1 Å². The Morgan fingerprint density at radius 3 is 2.84 bits per heavy atom. The SMILES string of the molecule is CNc1nc(N)nc2c1ncn2[C@@H]1O[C@H](COC(=O)Cc2ccccc2)[C@@H](O)[C@@]1(C)F. The average Bonchev–Trinajstić information content (AvgIpc) is 3.25. The minimum Gasteiger partial charge on any atom is -0.463 e. The first-order chi connectivity index (χ1) is 14.8. The molecule has 3 aromatic rings. The van der Waals surface area contributed by atoms with Crippen LogP contribution in [0.3, 0.4) is 0 Å². The molecule has 0 bridgehead atoms. The lowest BCUT2D eigenvalue weighted by Crippen LogP contribution is -2.41. The van der Waals surface area contributed by atoms with Crippen molar-refractivity contribution in [3.8, 4) is 0 Å². The van der Waals surface area contributed by atoms with Crippen LogP contribution in [0.5, 0.6) is 0 Å². The number of carbonyl (C=O) groups excluding carboxylic acids is 1. The number of halogens is 1. The summed E-state index contributed by atoms with van der Waals surface area (Å²) in [5.74, 6) is -0.144. The summed E-state index contributed by atoms with van der Waals surface area (Å²) < 4.78 is 27.8. The van der Waals surface area contributed by atoms with Crippen molar-refractivity contribution in [2.75, 3.05) is 24.7 Å². The highest BCUT2D eigenvalue weighted by Gasteiger charge is 2.55. The van der Waals surface area contributed by atoms with Crippen LogP contribution in [0, 0.1) is 0 Å². The summed E-state index contributed by atoms with van der Waals surface area (Å²) >= 11 is 0. The van der Waals surface area contributed by atoms with Crippen molar-refractivity contribution in [3.63, 3.8) is 0 Å². The van der Waals surface area contributed by atoms with Gasteiger partial charge in [0, 0.05) is 7.05 Å². The summed E-state index contributed by atoms with van der Waals surface area (Å²) in [6.07, 6.45) is -2.46. The van der Waals surface area contributed by atoms with Gasteiger partial charge in [0.1, 0.15) is 18.8 Å². The number of carbonyl (C=O) groups is 1. The number of hydrogen-bond donors (Lipinski definition) is 3. The van der Waals surface area contributed by atoms with Gasteiger partial charge < -0.3 is 25.6 Å². The third-order valence-electron chi connectivity index (χ3n) is 5.25. The van der Waals surface area contributed by atoms with Crippen LogP contribution in [-0.2, 0) is 20.7 Å². The Kier molecular flexibility index (Phi) is 5.46. The first-order valence-electron chi connectivity index (χ1n) is 9.71. The van der Waals surface area contributed by atoms with Gasteiger partial charge in [-0.25, -0.2) is 9.37 Å². The fourth-order valence-electron chi connectivity index (χ4n) is 3.62. The number of fused-ring (bicyclic) bond motifs is 1. The monoisotopic (exact) mass is 430 g/mol. The molecule has 1 saturated heterocycles. The van der Waals surface area contributed by atoms with E-state index in [1.807, 2.05) is 18.2 Å². The summed E-state index contributed by atoms with van der Waals surface area (Å²) in [5.41, 5.74) is 4.96. The zero-order valence-corrected chi connectivity index (χ0v) is 17.0. The molecule has 0 unspecified atom stereocenters. The minimum absolute atomic E-state index is 0.0240. The molecule has 0 spiro atoms. The van der Waals surface area contributed by atoms with Gasteiger partial charge in [-0.1, -0.05) is 30.3 Å². The van der Waals surface area contributed by atoms with Gasteiger partial charge in [0.15, 0.2) is 28.9 Å². The molecular weight excluding hydrogens is 407 g/mol. The predicted molar refractivity (Wildman–Crippen MR) is 110 cm³/mol. The summed E-state index contributed by atoms with van der Waals surface area (Å²) in [7, 11) is 1.65. The average molecular weight is 430 g/mol. The zero-order chi connectivity index (χ0) is 22.2. The third kappa shape index (κ3) is 3.89. The smallest absolute Gasteiger partial charge is 0.310 e. The van der Waals surface area contributed by atoms with E-state index in [2.05, 4.69) is 20.3 Å². The van der Waals surface area contributed by atoms with Crippen molar-refractivity contribution in [1.29, 1.82) is 0 Å². The number of imidazole rings is 1. The molecule has 1 fully saturated rings. The second kappa shape index (κ2) is 8.08. The molecular formula is C20H23FN6O4. The first kappa shape index (κ1) is 20.9. The lowest BCUT2D eigenvalue weighted by molar-refractivity contribution is -0.149. The van der Waals surface area contributed by atoms with E-state index in [9.17, 15) is 9.90 Å². The molecule has 0 aliphatic carbocycles. The van der Waals surface area contributed by atoms with E-state index in [4.69, 9.17) is 15.2 Å². The number of esters is 1. The lowest BCUT2D eigenvalue weighted by Gasteiger charge is -2.24. The second-order valence-electron chi connectivity index (χ2n) is 7.47. The van der Waals surface area contributed by atoms with Crippen molar-refractivity contribution in [2.24, 2.45) is 0 Å². The number of hydrogen-bond acceptors (Lipinski definition) is 9. The van der Waals surface area contributed by atoms with Gasteiger partial charge in [0.05, 0.1) is 12.7 Å². The van der Waals surface area contributed by atoms with E-state index >= 15 is 4.39 Å². The highest BCUT2D eigenvalue weighted by Crippen LogP contribution is 2.42. The van der Waals surface area contributed by atoms with Crippen molar-refractivity contribution < 1.29 is 23.8 Å². The number of nitrogens with two attached hydrogens (primary N) is 1. The van der Waals surface area contributed by atoms with Gasteiger partial charge in [0.25, 0.3) is 0 Å². The van der Waals surface area contributed by atoms with Gasteiger partial charge in [-0.15, -0.1) is 0 Å². The molecule has 3 heterocycles. The van der Waals surface area contributed by atoms with Crippen LogP contribution in [0.25, 0.3) is 11.2 Å². The topological polar surface area (TPSA) is 137 Å². The van der Waals surface area contributed by atoms with Gasteiger partial charge >= 0.3 is 5.97 Å². The molecule has 164 valence electrons. The predicted octanol–water partition coefficient (Wildman–Crippen LogP) is 1.22. The quantitative estimate of drug-likeness (QED) is 0.493. The normalized spacial score (nSPS) is 25.6. The standard InChI is InChI=1S/C20H23FN6O4/c1-20(21)15(29)12(9-30-13(28)8-11-6-4-3-5-7-11)31-18(20)27-10-24-14-16(23-2)25-19(22)26-17(14)27/h3-7,10,12,15,18,29H,8-9H2,1-2H3,(H3,22,23,25,26)/t12-,15-,18-,20-/m1/s1. The molecule has 31 heavy (non-hydrogen) atoms. The van der Waals surface area contributed by atoms with Crippen LogP contribution >= 0.6 is 0 Å². The van der Waals surface area contributed by atoms with E-state index < -0.39 is 30.1 Å². The van der Waals surface area contributed by atoms with Gasteiger partial charge in [-0.05, 0) is 12.5 Å². The molecule has 1 aliphatic heterocycles. The maximum Gasteiger partial charge on any atom is 0.310 e. The Bertz CT molecular complexity index is 1090. The summed E-state index contributed by atoms with van der Waals surface area (Å²) in [5, 5.41) is 13.4. The number of nitrogens with zero attached hydrogens (tertiary/aromatic N) is 4. The maximum absolute atomic E-state index is 15.5. The van der Waals surface area contributed by atoms with Crippen LogP contribution in [0.4, 0.5) is 16.2 Å². The van der Waals surface area contributed by atoms with Gasteiger partial charge in [0.2, 0.25) is 5.95 Å². The summed E-state index contributed by atoms with van der Waals surface area (Å²) in [6, 6.07) is 9.08. The lowest BCUT2D eigenvalue weighted by atomic mass is 9.98. The molecule has 4 atom stereocenters. The Morgan fingerprint density at radius 2 is 2.13 bits per heavy atom. The molecule has 1 aliphatic rings. The number of ether oxygens (including phenoxy) is 2. The van der Waals surface area contributed by atoms with Crippen molar-refractivity contribution in [1.82, 2.24) is 19.5 Å². The third-order valence-corrected chi connectivity index (χ3v) is 5.25. The van der Waals surface area contributed by atoms with Crippen LogP contribution in [0.1, 0.15) is 18.7 Å². The van der Waals surface area contributed by atoms with Crippen LogP contribution in [0.2, 0.25) is 0 Å². The highest BCUT2D eigenvalue weighted by molar-refractivity contribution is 5.84. The molecule has 0 saturated carbocycles. The second-order valence-corrected chi connectivity index (χ2v) is 7.47. The summed E-state index contributed by atoms with van der Waals surface area (Å²) in [4.78, 5) is 24.5. The zero-order valence-electron chi connectivity index (χ0n) is 17.0. The van der Waals surface area contributed by atoms with Crippen LogP contribution in [0.15, 0.2) is 36.7 Å². The molecule has 11 heteroatoms. The van der Waals surface area contributed by atoms with Crippen molar-refractivity contribution >= 4 is 28.9 Å². The molecule has 10 nitrogen and oxygen atoms in total. The highest BCUT2D eigenvalue weighted by atomic mass is 19.1. The number of anilines is 2. The van der Waals surface area contributed by atoms with Gasteiger partial charge in [-0.3, -0.25) is 9.36 Å². The molecule has 1 aromatic carbocycles.